The Morgan fingerprint density at radius 2 is 2.19 bits per heavy atom. The van der Waals surface area contributed by atoms with E-state index in [2.05, 4.69) is 22.9 Å². The summed E-state index contributed by atoms with van der Waals surface area (Å²) in [6.07, 6.45) is 1.64. The fourth-order valence-corrected chi connectivity index (χ4v) is 4.35. The third-order valence-electron chi connectivity index (χ3n) is 4.68. The number of nitrogens with zero attached hydrogens (tertiary/aromatic N) is 3. The Kier molecular flexibility index (Phi) is 6.50. The molecule has 1 unspecified atom stereocenters. The smallest absolute Gasteiger partial charge is 0.263 e. The number of carbonyl (C=O) groups excluding carboxylic acids is 1. The molecule has 1 N–H and O–H groups in total. The molecule has 0 spiro atoms. The van der Waals surface area contributed by atoms with Crippen molar-refractivity contribution in [3.63, 3.8) is 0 Å². The molecule has 2 rings (SSSR count). The van der Waals surface area contributed by atoms with Crippen molar-refractivity contribution in [2.75, 3.05) is 5.75 Å². The molecule has 6 nitrogen and oxygen atoms in total. The SMILES string of the molecule is C=CCn1c(SCC(=O)NC(C)(C#N)C(C)C)nc2sc(C)c(C)c2c1=O. The van der Waals surface area contributed by atoms with Crippen molar-refractivity contribution in [1.82, 2.24) is 14.9 Å². The summed E-state index contributed by atoms with van der Waals surface area (Å²) in [6, 6.07) is 2.16. The van der Waals surface area contributed by atoms with Gasteiger partial charge in [-0.1, -0.05) is 31.7 Å². The molecule has 0 aliphatic rings. The predicted molar refractivity (Wildman–Crippen MR) is 111 cm³/mol. The van der Waals surface area contributed by atoms with Crippen LogP contribution in [0.25, 0.3) is 10.2 Å². The molecule has 1 amide bonds. The molecule has 144 valence electrons. The Labute approximate surface area is 167 Å². The highest BCUT2D eigenvalue weighted by molar-refractivity contribution is 7.99. The van der Waals surface area contributed by atoms with E-state index < -0.39 is 5.54 Å². The van der Waals surface area contributed by atoms with Crippen molar-refractivity contribution >= 4 is 39.2 Å². The third kappa shape index (κ3) is 4.25. The van der Waals surface area contributed by atoms with Crippen molar-refractivity contribution in [1.29, 1.82) is 5.26 Å². The minimum Gasteiger partial charge on any atom is -0.337 e. The summed E-state index contributed by atoms with van der Waals surface area (Å²) >= 11 is 2.67. The number of aryl methyl sites for hydroxylation is 2. The van der Waals surface area contributed by atoms with Crippen LogP contribution in [0.3, 0.4) is 0 Å². The first-order valence-corrected chi connectivity index (χ1v) is 10.4. The summed E-state index contributed by atoms with van der Waals surface area (Å²) in [6.45, 7) is 13.4. The van der Waals surface area contributed by atoms with Gasteiger partial charge in [0, 0.05) is 11.4 Å². The molecule has 2 aromatic heterocycles. The van der Waals surface area contributed by atoms with E-state index in [1.54, 1.807) is 17.6 Å². The molecule has 27 heavy (non-hydrogen) atoms. The Morgan fingerprint density at radius 3 is 2.74 bits per heavy atom. The van der Waals surface area contributed by atoms with Crippen LogP contribution in [0.2, 0.25) is 0 Å². The van der Waals surface area contributed by atoms with Crippen LogP contribution in [0.5, 0.6) is 0 Å². The molecule has 0 bridgehead atoms. The molecule has 8 heteroatoms. The summed E-state index contributed by atoms with van der Waals surface area (Å²) in [7, 11) is 0. The van der Waals surface area contributed by atoms with E-state index in [-0.39, 0.29) is 23.1 Å². The maximum Gasteiger partial charge on any atom is 0.263 e. The highest BCUT2D eigenvalue weighted by atomic mass is 32.2. The maximum atomic E-state index is 12.9. The van der Waals surface area contributed by atoms with Gasteiger partial charge in [-0.3, -0.25) is 14.2 Å². The predicted octanol–water partition coefficient (Wildman–Crippen LogP) is 3.41. The molecule has 0 aliphatic heterocycles. The third-order valence-corrected chi connectivity index (χ3v) is 6.76. The standard InChI is InChI=1S/C19H24N4O2S2/c1-7-8-23-17(25)15-12(4)13(5)27-16(15)21-18(23)26-9-14(24)22-19(6,10-20)11(2)3/h7,11H,1,8-9H2,2-6H3,(H,22,24). The fraction of sp³-hybridized carbons (Fsp3) is 0.474. The lowest BCUT2D eigenvalue weighted by Gasteiger charge is -2.27. The van der Waals surface area contributed by atoms with Crippen LogP contribution in [0.4, 0.5) is 0 Å². The van der Waals surface area contributed by atoms with Gasteiger partial charge in [-0.25, -0.2) is 4.98 Å². The van der Waals surface area contributed by atoms with Crippen LogP contribution in [-0.4, -0.2) is 26.8 Å². The largest absolute Gasteiger partial charge is 0.337 e. The van der Waals surface area contributed by atoms with E-state index in [1.807, 2.05) is 27.7 Å². The molecule has 0 saturated carbocycles. The fourth-order valence-electron chi connectivity index (χ4n) is 2.47. The number of rotatable bonds is 7. The van der Waals surface area contributed by atoms with Gasteiger partial charge in [-0.2, -0.15) is 5.26 Å². The minimum atomic E-state index is -0.933. The van der Waals surface area contributed by atoms with Gasteiger partial charge in [0.05, 0.1) is 17.2 Å². The number of hydrogen-bond acceptors (Lipinski definition) is 6. The van der Waals surface area contributed by atoms with Gasteiger partial charge in [0.25, 0.3) is 5.56 Å². The number of nitriles is 1. The monoisotopic (exact) mass is 404 g/mol. The van der Waals surface area contributed by atoms with Gasteiger partial charge in [-0.15, -0.1) is 17.9 Å². The second kappa shape index (κ2) is 8.28. The molecular formula is C19H24N4O2S2. The van der Waals surface area contributed by atoms with E-state index in [9.17, 15) is 14.9 Å². The Bertz CT molecular complexity index is 984. The molecule has 0 fully saturated rings. The zero-order chi connectivity index (χ0) is 20.4. The molecule has 0 aromatic carbocycles. The van der Waals surface area contributed by atoms with Crippen LogP contribution in [0.15, 0.2) is 22.6 Å². The molecule has 0 aliphatic carbocycles. The summed E-state index contributed by atoms with van der Waals surface area (Å²) < 4.78 is 1.54. The number of fused-ring (bicyclic) bond motifs is 1. The van der Waals surface area contributed by atoms with Gasteiger partial charge in [0.15, 0.2) is 5.16 Å². The van der Waals surface area contributed by atoms with Crippen LogP contribution < -0.4 is 10.9 Å². The van der Waals surface area contributed by atoms with Crippen LogP contribution in [0, 0.1) is 31.1 Å². The molecule has 0 saturated heterocycles. The van der Waals surface area contributed by atoms with Crippen LogP contribution >= 0.6 is 23.1 Å². The molecule has 0 radical (unpaired) electrons. The molecular weight excluding hydrogens is 380 g/mol. The van der Waals surface area contributed by atoms with Gasteiger partial charge < -0.3 is 5.32 Å². The highest BCUT2D eigenvalue weighted by Crippen LogP contribution is 2.28. The zero-order valence-electron chi connectivity index (χ0n) is 16.3. The van der Waals surface area contributed by atoms with Crippen LogP contribution in [-0.2, 0) is 11.3 Å². The summed E-state index contributed by atoms with van der Waals surface area (Å²) in [4.78, 5) is 31.6. The lowest BCUT2D eigenvalue weighted by atomic mass is 9.90. The number of carbonyl (C=O) groups is 1. The number of amides is 1. The van der Waals surface area contributed by atoms with Crippen molar-refractivity contribution in [3.05, 3.63) is 33.4 Å². The van der Waals surface area contributed by atoms with E-state index in [0.29, 0.717) is 21.9 Å². The van der Waals surface area contributed by atoms with E-state index in [0.717, 1.165) is 10.4 Å². The van der Waals surface area contributed by atoms with Crippen molar-refractivity contribution < 1.29 is 4.79 Å². The minimum absolute atomic E-state index is 0.0260. The number of allylic oxidation sites excluding steroid dienone is 1. The zero-order valence-corrected chi connectivity index (χ0v) is 17.9. The molecule has 2 aromatic rings. The summed E-state index contributed by atoms with van der Waals surface area (Å²) in [5.41, 5.74) is -0.104. The van der Waals surface area contributed by atoms with Gasteiger partial charge >= 0.3 is 0 Å². The number of hydrogen-bond donors (Lipinski definition) is 1. The number of thioether (sulfide) groups is 1. The topological polar surface area (TPSA) is 87.8 Å². The summed E-state index contributed by atoms with van der Waals surface area (Å²) in [5.74, 6) is -0.222. The van der Waals surface area contributed by atoms with Crippen molar-refractivity contribution in [2.24, 2.45) is 5.92 Å². The Morgan fingerprint density at radius 1 is 1.52 bits per heavy atom. The van der Waals surface area contributed by atoms with Gasteiger partial charge in [-0.05, 0) is 32.3 Å². The van der Waals surface area contributed by atoms with E-state index in [1.165, 1.54) is 23.1 Å². The van der Waals surface area contributed by atoms with E-state index in [4.69, 9.17) is 0 Å². The molecule has 2 heterocycles. The van der Waals surface area contributed by atoms with Gasteiger partial charge in [0.1, 0.15) is 10.4 Å². The average Bonchev–Trinajstić information content (AvgIpc) is 2.90. The molecule has 1 atom stereocenters. The Balaban J connectivity index is 2.32. The lowest BCUT2D eigenvalue weighted by molar-refractivity contribution is -0.120. The quantitative estimate of drug-likeness (QED) is 0.434. The first kappa shape index (κ1) is 21.2. The first-order valence-electron chi connectivity index (χ1n) is 8.61. The van der Waals surface area contributed by atoms with Crippen LogP contribution in [0.1, 0.15) is 31.2 Å². The first-order chi connectivity index (χ1) is 12.6. The highest BCUT2D eigenvalue weighted by Gasteiger charge is 2.30. The second-order valence-electron chi connectivity index (χ2n) is 6.87. The maximum absolute atomic E-state index is 12.9. The number of nitrogens with one attached hydrogen (secondary N) is 1. The van der Waals surface area contributed by atoms with Gasteiger partial charge in [0.2, 0.25) is 5.91 Å². The van der Waals surface area contributed by atoms with Crippen molar-refractivity contribution in [3.8, 4) is 6.07 Å². The number of aromatic nitrogens is 2. The summed E-state index contributed by atoms with van der Waals surface area (Å²) in [5, 5.41) is 13.2. The van der Waals surface area contributed by atoms with Crippen molar-refractivity contribution in [2.45, 2.75) is 51.9 Å². The number of thiophene rings is 1. The lowest BCUT2D eigenvalue weighted by Crippen LogP contribution is -2.49. The normalized spacial score (nSPS) is 13.4. The average molecular weight is 405 g/mol. The Hall–Kier alpha value is -2.11. The second-order valence-corrected chi connectivity index (χ2v) is 9.01. The van der Waals surface area contributed by atoms with E-state index >= 15 is 0 Å².